The van der Waals surface area contributed by atoms with Crippen molar-refractivity contribution in [2.45, 2.75) is 128 Å². The van der Waals surface area contributed by atoms with Gasteiger partial charge in [-0.2, -0.15) is 18.2 Å². The SMILES string of the molecule is Cc1cn2c(n1)nc(O[C@@H]1C[C@H]3C(=O)C[C@]4(C(=O)NS(=O)(=O)C5(C)CC5)C[C@H]4/C=C\CC[C@@H](C)C[C@@H](C)[C@H](CC(=O)OC(C)(C)C(F)(F)F)C(=O)N3C1)c1cc(Cl)ccc12. The maximum absolute atomic E-state index is 14.9. The molecule has 2 amide bonds. The first-order valence-electron chi connectivity index (χ1n) is 20.4. The van der Waals surface area contributed by atoms with Crippen molar-refractivity contribution in [3.63, 3.8) is 0 Å². The van der Waals surface area contributed by atoms with Crippen LogP contribution in [0.25, 0.3) is 16.7 Å². The molecule has 1 aromatic carbocycles. The van der Waals surface area contributed by atoms with E-state index in [1.807, 2.05) is 26.0 Å². The fraction of sp³-hybridized carbons (Fsp3) is 0.619. The molecule has 13 nitrogen and oxygen atoms in total. The number of Topliss-reactive ketones (excluding diaryl/α,β-unsaturated/α-hetero) is 1. The highest BCUT2D eigenvalue weighted by molar-refractivity contribution is 7.91. The van der Waals surface area contributed by atoms with E-state index in [-0.39, 0.29) is 31.2 Å². The van der Waals surface area contributed by atoms with Crippen LogP contribution in [0.1, 0.15) is 98.1 Å². The van der Waals surface area contributed by atoms with Gasteiger partial charge in [0.15, 0.2) is 5.78 Å². The third-order valence-electron chi connectivity index (χ3n) is 13.0. The molecule has 0 radical (unpaired) electrons. The Labute approximate surface area is 351 Å². The average Bonchev–Trinajstić information content (AvgIpc) is 3.96. The van der Waals surface area contributed by atoms with Crippen LogP contribution < -0.4 is 9.46 Å². The smallest absolute Gasteiger partial charge is 0.427 e. The number of allylic oxidation sites excluding steroid dienone is 2. The monoisotopic (exact) mass is 877 g/mol. The molecule has 2 aromatic heterocycles. The normalized spacial score (nSPS) is 29.3. The molecule has 1 saturated heterocycles. The molecule has 0 spiro atoms. The summed E-state index contributed by atoms with van der Waals surface area (Å²) < 4.78 is 82.4. The van der Waals surface area contributed by atoms with Gasteiger partial charge in [-0.15, -0.1) is 0 Å². The Morgan fingerprint density at radius 2 is 1.82 bits per heavy atom. The highest BCUT2D eigenvalue weighted by Crippen LogP contribution is 2.58. The number of hydrogen-bond donors (Lipinski definition) is 1. The lowest BCUT2D eigenvalue weighted by Crippen LogP contribution is -2.48. The zero-order valence-corrected chi connectivity index (χ0v) is 36.0. The maximum Gasteiger partial charge on any atom is 0.427 e. The summed E-state index contributed by atoms with van der Waals surface area (Å²) in [4.78, 5) is 67.5. The molecule has 326 valence electrons. The lowest BCUT2D eigenvalue weighted by atomic mass is 9.82. The molecule has 3 fully saturated rings. The van der Waals surface area contributed by atoms with Crippen LogP contribution in [0, 0.1) is 36.0 Å². The number of rotatable bonds is 8. The van der Waals surface area contributed by atoms with Gasteiger partial charge in [-0.3, -0.25) is 28.3 Å². The van der Waals surface area contributed by atoms with Crippen LogP contribution in [0.3, 0.4) is 0 Å². The van der Waals surface area contributed by atoms with Gasteiger partial charge in [-0.1, -0.05) is 37.6 Å². The van der Waals surface area contributed by atoms with E-state index < -0.39 is 98.3 Å². The number of amides is 2. The number of ether oxygens (including phenoxy) is 2. The van der Waals surface area contributed by atoms with Gasteiger partial charge < -0.3 is 14.4 Å². The molecule has 2 aliphatic carbocycles. The van der Waals surface area contributed by atoms with Crippen molar-refractivity contribution in [1.29, 1.82) is 0 Å². The van der Waals surface area contributed by atoms with E-state index in [1.165, 1.54) is 4.90 Å². The van der Waals surface area contributed by atoms with E-state index >= 15 is 0 Å². The molecule has 4 aliphatic rings. The third kappa shape index (κ3) is 8.49. The third-order valence-corrected chi connectivity index (χ3v) is 15.4. The molecule has 60 heavy (non-hydrogen) atoms. The van der Waals surface area contributed by atoms with E-state index in [4.69, 9.17) is 21.1 Å². The topological polar surface area (TPSA) is 166 Å². The van der Waals surface area contributed by atoms with Crippen molar-refractivity contribution < 1.29 is 50.2 Å². The standard InChI is InChI=1S/C42H51ClF3N5O8S/c1-23-9-7-8-10-26-19-41(26,37(55)49-60(56,57)40(6)13-14-40)20-33(52)32-17-28(58-35-30-16-27(43)11-12-31(30)51-21-25(3)47-38(51)48-35)22-50(32)36(54)29(24(2)15-23)18-34(53)59-39(4,5)42(44,45)46/h8,10-12,16,21,23-24,26,28-29,32H,7,9,13-15,17-20,22H2,1-6H3,(H,49,55)/b10-8-/t23-,24-,26-,28-,29+,32+,41-/m1/s1. The lowest BCUT2D eigenvalue weighted by Gasteiger charge is -2.33. The van der Waals surface area contributed by atoms with Gasteiger partial charge in [0.25, 0.3) is 0 Å². The maximum atomic E-state index is 14.9. The fourth-order valence-corrected chi connectivity index (χ4v) is 10.2. The summed E-state index contributed by atoms with van der Waals surface area (Å²) in [5.74, 6) is -4.85. The summed E-state index contributed by atoms with van der Waals surface area (Å²) >= 11 is 6.42. The van der Waals surface area contributed by atoms with Crippen molar-refractivity contribution in [2.75, 3.05) is 6.54 Å². The fourth-order valence-electron chi connectivity index (χ4n) is 8.68. The number of imidazole rings is 1. The zero-order chi connectivity index (χ0) is 43.7. The molecule has 1 N–H and O–H groups in total. The van der Waals surface area contributed by atoms with Crippen LogP contribution in [-0.2, 0) is 33.9 Å². The number of sulfonamides is 1. The number of esters is 1. The predicted octanol–water partition coefficient (Wildman–Crippen LogP) is 7.06. The Balaban J connectivity index is 1.26. The molecule has 7 rings (SSSR count). The highest BCUT2D eigenvalue weighted by Gasteiger charge is 2.63. The van der Waals surface area contributed by atoms with Crippen molar-refractivity contribution in [3.05, 3.63) is 47.3 Å². The predicted molar refractivity (Wildman–Crippen MR) is 215 cm³/mol. The molecule has 4 heterocycles. The molecule has 0 unspecified atom stereocenters. The van der Waals surface area contributed by atoms with E-state index in [2.05, 4.69) is 14.7 Å². The molecular formula is C42H51ClF3N5O8S. The summed E-state index contributed by atoms with van der Waals surface area (Å²) in [5, 5.41) is 0.926. The molecule has 0 bridgehead atoms. The molecule has 7 atom stereocenters. The minimum atomic E-state index is -4.88. The van der Waals surface area contributed by atoms with Gasteiger partial charge >= 0.3 is 12.1 Å². The van der Waals surface area contributed by atoms with Gasteiger partial charge in [-0.25, -0.2) is 13.4 Å². The van der Waals surface area contributed by atoms with Crippen molar-refractivity contribution in [2.24, 2.45) is 29.1 Å². The largest absolute Gasteiger partial charge is 0.472 e. The number of halogens is 4. The number of alkyl halides is 3. The van der Waals surface area contributed by atoms with Crippen LogP contribution in [0.5, 0.6) is 5.88 Å². The van der Waals surface area contributed by atoms with Gasteiger partial charge in [0.1, 0.15) is 6.10 Å². The van der Waals surface area contributed by atoms with Gasteiger partial charge in [0.2, 0.25) is 39.1 Å². The van der Waals surface area contributed by atoms with E-state index in [0.717, 1.165) is 13.8 Å². The number of carbonyl (C=O) groups is 4. The van der Waals surface area contributed by atoms with Gasteiger partial charge in [0, 0.05) is 24.1 Å². The summed E-state index contributed by atoms with van der Waals surface area (Å²) in [5.41, 5.74) is -2.85. The van der Waals surface area contributed by atoms with Crippen molar-refractivity contribution in [1.82, 2.24) is 24.0 Å². The number of ketones is 1. The zero-order valence-electron chi connectivity index (χ0n) is 34.5. The number of hydrogen-bond acceptors (Lipinski definition) is 10. The van der Waals surface area contributed by atoms with Crippen LogP contribution in [0.4, 0.5) is 13.2 Å². The van der Waals surface area contributed by atoms with Crippen molar-refractivity contribution in [3.8, 4) is 5.88 Å². The first kappa shape index (κ1) is 43.8. The molecule has 18 heteroatoms. The van der Waals surface area contributed by atoms with Crippen LogP contribution in [-0.4, -0.2) is 86.5 Å². The van der Waals surface area contributed by atoms with E-state index in [0.29, 0.717) is 59.5 Å². The lowest BCUT2D eigenvalue weighted by molar-refractivity contribution is -0.257. The van der Waals surface area contributed by atoms with Crippen LogP contribution in [0.2, 0.25) is 5.02 Å². The molecule has 2 aliphatic heterocycles. The molecule has 2 saturated carbocycles. The second kappa shape index (κ2) is 15.6. The van der Waals surface area contributed by atoms with Crippen molar-refractivity contribution >= 4 is 61.9 Å². The highest BCUT2D eigenvalue weighted by atomic mass is 35.5. The van der Waals surface area contributed by atoms with Gasteiger partial charge in [-0.05, 0) is 102 Å². The first-order chi connectivity index (χ1) is 27.9. The Kier molecular flexibility index (Phi) is 11.4. The summed E-state index contributed by atoms with van der Waals surface area (Å²) in [6, 6.07) is 3.96. The second-order valence-corrected chi connectivity index (χ2v) is 20.9. The Hall–Kier alpha value is -4.25. The summed E-state index contributed by atoms with van der Waals surface area (Å²) in [6.45, 7) is 8.40. The number of aryl methyl sites for hydroxylation is 1. The summed E-state index contributed by atoms with van der Waals surface area (Å²) in [7, 11) is -4.05. The van der Waals surface area contributed by atoms with Crippen LogP contribution >= 0.6 is 11.6 Å². The first-order valence-corrected chi connectivity index (χ1v) is 22.3. The number of carbonyl (C=O) groups excluding carboxylic acids is 4. The Morgan fingerprint density at radius 3 is 2.50 bits per heavy atom. The number of benzene rings is 1. The molecular weight excluding hydrogens is 827 g/mol. The number of nitrogens with zero attached hydrogens (tertiary/aromatic N) is 4. The minimum Gasteiger partial charge on any atom is -0.472 e. The van der Waals surface area contributed by atoms with Gasteiger partial charge in [0.05, 0.1) is 51.7 Å². The second-order valence-electron chi connectivity index (χ2n) is 18.2. The molecule has 3 aromatic rings. The van der Waals surface area contributed by atoms with E-state index in [9.17, 15) is 40.8 Å². The van der Waals surface area contributed by atoms with E-state index in [1.54, 1.807) is 42.6 Å². The Bertz CT molecular complexity index is 2380. The summed E-state index contributed by atoms with van der Waals surface area (Å²) in [6.07, 6.45) is 1.36. The quantitative estimate of drug-likeness (QED) is 0.183. The minimum absolute atomic E-state index is 0.00360. The Morgan fingerprint density at radius 1 is 1.10 bits per heavy atom. The number of fused-ring (bicyclic) bond motifs is 5. The number of aromatic nitrogens is 3. The van der Waals surface area contributed by atoms with Crippen LogP contribution in [0.15, 0.2) is 36.5 Å². The average molecular weight is 878 g/mol. The number of nitrogens with one attached hydrogen (secondary N) is 1.